The zero-order valence-electron chi connectivity index (χ0n) is 14.1. The largest absolute Gasteiger partial charge is 0.489 e. The number of hydrogen-bond acceptors (Lipinski definition) is 4. The molecule has 0 aliphatic heterocycles. The zero-order chi connectivity index (χ0) is 18.6. The number of halogens is 1. The second kappa shape index (κ2) is 7.81. The Morgan fingerprint density at radius 3 is 2.23 bits per heavy atom. The van der Waals surface area contributed by atoms with Crippen molar-refractivity contribution in [2.75, 3.05) is 0 Å². The molecule has 0 radical (unpaired) electrons. The summed E-state index contributed by atoms with van der Waals surface area (Å²) in [7, 11) is -3.96. The minimum Gasteiger partial charge on any atom is -0.489 e. The van der Waals surface area contributed by atoms with Crippen LogP contribution in [0.3, 0.4) is 0 Å². The van der Waals surface area contributed by atoms with Crippen molar-refractivity contribution in [3.05, 3.63) is 88.9 Å². The van der Waals surface area contributed by atoms with Crippen LogP contribution in [0.15, 0.2) is 77.7 Å². The number of benzene rings is 3. The van der Waals surface area contributed by atoms with Gasteiger partial charge in [-0.05, 0) is 54.4 Å². The Labute approximate surface area is 158 Å². The van der Waals surface area contributed by atoms with Crippen LogP contribution >= 0.6 is 11.6 Å². The van der Waals surface area contributed by atoms with Crippen molar-refractivity contribution < 1.29 is 17.3 Å². The first-order chi connectivity index (χ1) is 12.4. The Morgan fingerprint density at radius 2 is 1.54 bits per heavy atom. The maximum Gasteiger partial charge on any atom is 0.339 e. The lowest BCUT2D eigenvalue weighted by atomic mass is 10.2. The van der Waals surface area contributed by atoms with E-state index in [4.69, 9.17) is 20.5 Å². The molecular formula is C20H17ClO4S. The van der Waals surface area contributed by atoms with E-state index in [9.17, 15) is 8.42 Å². The van der Waals surface area contributed by atoms with Gasteiger partial charge in [0.05, 0.1) is 0 Å². The third kappa shape index (κ3) is 4.56. The molecule has 0 saturated carbocycles. The lowest BCUT2D eigenvalue weighted by Crippen LogP contribution is -2.11. The van der Waals surface area contributed by atoms with E-state index in [1.54, 1.807) is 43.3 Å². The minimum atomic E-state index is -3.96. The van der Waals surface area contributed by atoms with Crippen molar-refractivity contribution in [1.29, 1.82) is 0 Å². The average Bonchev–Trinajstić information content (AvgIpc) is 2.64. The van der Waals surface area contributed by atoms with Crippen molar-refractivity contribution in [2.24, 2.45) is 0 Å². The molecule has 0 saturated heterocycles. The van der Waals surface area contributed by atoms with Crippen LogP contribution in [0.1, 0.15) is 11.1 Å². The molecule has 3 rings (SSSR count). The van der Waals surface area contributed by atoms with Crippen LogP contribution in [0.5, 0.6) is 11.5 Å². The smallest absolute Gasteiger partial charge is 0.339 e. The van der Waals surface area contributed by atoms with E-state index in [2.05, 4.69) is 0 Å². The van der Waals surface area contributed by atoms with E-state index in [1.165, 1.54) is 6.07 Å². The van der Waals surface area contributed by atoms with Crippen LogP contribution in [0.2, 0.25) is 5.02 Å². The molecule has 0 unspecified atom stereocenters. The molecule has 0 fully saturated rings. The van der Waals surface area contributed by atoms with Gasteiger partial charge in [-0.25, -0.2) is 0 Å². The highest BCUT2D eigenvalue weighted by atomic mass is 35.5. The number of ether oxygens (including phenoxy) is 1. The Hall–Kier alpha value is -2.50. The molecule has 0 spiro atoms. The summed E-state index contributed by atoms with van der Waals surface area (Å²) in [4.78, 5) is 0.0504. The fourth-order valence-corrected chi connectivity index (χ4v) is 3.77. The Balaban J connectivity index is 1.69. The van der Waals surface area contributed by atoms with Crippen molar-refractivity contribution in [3.8, 4) is 11.5 Å². The third-order valence-electron chi connectivity index (χ3n) is 3.70. The van der Waals surface area contributed by atoms with Crippen LogP contribution in [0.4, 0.5) is 0 Å². The Kier molecular flexibility index (Phi) is 5.49. The maximum atomic E-state index is 12.5. The van der Waals surface area contributed by atoms with Crippen LogP contribution in [0, 0.1) is 6.92 Å². The van der Waals surface area contributed by atoms with Crippen molar-refractivity contribution in [1.82, 2.24) is 0 Å². The fraction of sp³-hybridized carbons (Fsp3) is 0.100. The topological polar surface area (TPSA) is 52.6 Å². The number of rotatable bonds is 6. The molecule has 134 valence electrons. The summed E-state index contributed by atoms with van der Waals surface area (Å²) < 4.78 is 35.8. The molecule has 0 heterocycles. The van der Waals surface area contributed by atoms with Gasteiger partial charge in [-0.1, -0.05) is 48.0 Å². The van der Waals surface area contributed by atoms with Crippen molar-refractivity contribution in [2.45, 2.75) is 18.4 Å². The van der Waals surface area contributed by atoms with Gasteiger partial charge in [0.2, 0.25) is 0 Å². The van der Waals surface area contributed by atoms with E-state index in [-0.39, 0.29) is 10.6 Å². The molecule has 0 amide bonds. The van der Waals surface area contributed by atoms with E-state index in [0.717, 1.165) is 5.56 Å². The molecule has 4 nitrogen and oxygen atoms in total. The molecule has 6 heteroatoms. The summed E-state index contributed by atoms with van der Waals surface area (Å²) >= 11 is 5.90. The van der Waals surface area contributed by atoms with Gasteiger partial charge in [0, 0.05) is 5.02 Å². The summed E-state index contributed by atoms with van der Waals surface area (Å²) in [6.45, 7) is 2.12. The van der Waals surface area contributed by atoms with Crippen LogP contribution in [-0.2, 0) is 16.7 Å². The molecule has 0 aliphatic rings. The summed E-state index contributed by atoms with van der Waals surface area (Å²) in [6.07, 6.45) is 0. The summed E-state index contributed by atoms with van der Waals surface area (Å²) in [5, 5.41) is 0.336. The molecule has 3 aromatic carbocycles. The predicted molar refractivity (Wildman–Crippen MR) is 101 cm³/mol. The number of hydrogen-bond donors (Lipinski definition) is 0. The molecule has 0 bridgehead atoms. The molecule has 0 N–H and O–H groups in total. The van der Waals surface area contributed by atoms with E-state index in [1.807, 2.05) is 30.3 Å². The van der Waals surface area contributed by atoms with E-state index < -0.39 is 10.1 Å². The van der Waals surface area contributed by atoms with E-state index in [0.29, 0.717) is 22.9 Å². The van der Waals surface area contributed by atoms with Crippen LogP contribution < -0.4 is 8.92 Å². The molecule has 26 heavy (non-hydrogen) atoms. The second-order valence-corrected chi connectivity index (χ2v) is 7.64. The van der Waals surface area contributed by atoms with Gasteiger partial charge in [0.25, 0.3) is 0 Å². The molecule has 0 aromatic heterocycles. The normalized spacial score (nSPS) is 11.2. The van der Waals surface area contributed by atoms with Gasteiger partial charge in [0.1, 0.15) is 23.0 Å². The summed E-state index contributed by atoms with van der Waals surface area (Å²) in [6, 6.07) is 20.9. The standard InChI is InChI=1S/C20H17ClO4S/c1-15-7-8-17(21)13-20(15)26(22,23)25-19-11-9-18(10-12-19)24-14-16-5-3-2-4-6-16/h2-13H,14H2,1H3. The first-order valence-electron chi connectivity index (χ1n) is 7.91. The summed E-state index contributed by atoms with van der Waals surface area (Å²) in [5.41, 5.74) is 1.61. The molecule has 3 aromatic rings. The van der Waals surface area contributed by atoms with Crippen molar-refractivity contribution in [3.63, 3.8) is 0 Å². The molecule has 0 aliphatic carbocycles. The maximum absolute atomic E-state index is 12.5. The van der Waals surface area contributed by atoms with Crippen LogP contribution in [0.25, 0.3) is 0 Å². The van der Waals surface area contributed by atoms with Gasteiger partial charge in [0.15, 0.2) is 0 Å². The first-order valence-corrected chi connectivity index (χ1v) is 9.70. The highest BCUT2D eigenvalue weighted by Gasteiger charge is 2.19. The van der Waals surface area contributed by atoms with Gasteiger partial charge in [-0.3, -0.25) is 0 Å². The third-order valence-corrected chi connectivity index (χ3v) is 5.32. The van der Waals surface area contributed by atoms with Gasteiger partial charge in [-0.2, -0.15) is 8.42 Å². The van der Waals surface area contributed by atoms with Gasteiger partial charge >= 0.3 is 10.1 Å². The fourth-order valence-electron chi connectivity index (χ4n) is 2.35. The highest BCUT2D eigenvalue weighted by Crippen LogP contribution is 2.25. The highest BCUT2D eigenvalue weighted by molar-refractivity contribution is 7.87. The predicted octanol–water partition coefficient (Wildman–Crippen LogP) is 5.00. The minimum absolute atomic E-state index is 0.0504. The zero-order valence-corrected chi connectivity index (χ0v) is 15.6. The number of aryl methyl sites for hydroxylation is 1. The summed E-state index contributed by atoms with van der Waals surface area (Å²) in [5.74, 6) is 0.828. The monoisotopic (exact) mass is 388 g/mol. The molecular weight excluding hydrogens is 372 g/mol. The van der Waals surface area contributed by atoms with Gasteiger partial charge in [-0.15, -0.1) is 0 Å². The van der Waals surface area contributed by atoms with Crippen molar-refractivity contribution >= 4 is 21.7 Å². The van der Waals surface area contributed by atoms with Gasteiger partial charge < -0.3 is 8.92 Å². The Morgan fingerprint density at radius 1 is 0.885 bits per heavy atom. The van der Waals surface area contributed by atoms with Crippen LogP contribution in [-0.4, -0.2) is 8.42 Å². The Bertz CT molecular complexity index is 984. The lowest BCUT2D eigenvalue weighted by Gasteiger charge is -2.11. The lowest BCUT2D eigenvalue weighted by molar-refractivity contribution is 0.306. The molecule has 0 atom stereocenters. The van der Waals surface area contributed by atoms with E-state index >= 15 is 0 Å². The first kappa shape index (κ1) is 18.3. The quantitative estimate of drug-likeness (QED) is 0.558. The average molecular weight is 389 g/mol. The second-order valence-electron chi connectivity index (χ2n) is 5.69. The SMILES string of the molecule is Cc1ccc(Cl)cc1S(=O)(=O)Oc1ccc(OCc2ccccc2)cc1.